The van der Waals surface area contributed by atoms with Crippen LogP contribution in [-0.4, -0.2) is 6.88 Å². The van der Waals surface area contributed by atoms with Crippen LogP contribution in [0.1, 0.15) is 162 Å². The number of hydrogen-bond acceptors (Lipinski definition) is 0. The first kappa shape index (κ1) is 42.6. The molecule has 0 nitrogen and oxygen atoms in total. The first-order valence-electron chi connectivity index (χ1n) is 21.6. The molecule has 0 aromatic heterocycles. The van der Waals surface area contributed by atoms with E-state index in [9.17, 15) is 0 Å². The summed E-state index contributed by atoms with van der Waals surface area (Å²) in [4.78, 5) is 0. The number of rotatable bonds is 9. The van der Waals surface area contributed by atoms with Crippen molar-refractivity contribution in [2.75, 3.05) is 0 Å². The fourth-order valence-corrected chi connectivity index (χ4v) is 36.3. The van der Waals surface area contributed by atoms with Gasteiger partial charge in [0, 0.05) is 0 Å². The minimum atomic E-state index is -3.83. The molecule has 4 aliphatic carbocycles. The third-order valence-corrected chi connectivity index (χ3v) is 46.3. The van der Waals surface area contributed by atoms with E-state index in [-0.39, 0.29) is 24.8 Å². The molecule has 0 N–H and O–H groups in total. The molecule has 0 radical (unpaired) electrons. The van der Waals surface area contributed by atoms with Gasteiger partial charge in [-0.25, -0.2) is 0 Å². The maximum absolute atomic E-state index is 3.83. The molecule has 2 saturated carbocycles. The van der Waals surface area contributed by atoms with Gasteiger partial charge in [-0.1, -0.05) is 0 Å². The summed E-state index contributed by atoms with van der Waals surface area (Å²) in [6, 6.07) is 29.5. The van der Waals surface area contributed by atoms with Crippen molar-refractivity contribution in [3.05, 3.63) is 128 Å². The fraction of sp³-hybridized carbons (Fsp3) is 0.451. The molecule has 0 saturated heterocycles. The van der Waals surface area contributed by atoms with Gasteiger partial charge in [-0.3, -0.25) is 0 Å². The Labute approximate surface area is 348 Å². The van der Waals surface area contributed by atoms with Crippen LogP contribution in [0.4, 0.5) is 0 Å². The molecular weight excluding hydrogens is 803 g/mol. The van der Waals surface area contributed by atoms with Gasteiger partial charge >= 0.3 is 327 Å². The van der Waals surface area contributed by atoms with Gasteiger partial charge in [0.05, 0.1) is 0 Å². The molecule has 4 heteroatoms. The molecule has 0 aliphatic heterocycles. The zero-order chi connectivity index (χ0) is 36.9. The summed E-state index contributed by atoms with van der Waals surface area (Å²) in [6.07, 6.45) is 20.3. The van der Waals surface area contributed by atoms with Gasteiger partial charge in [0.15, 0.2) is 0 Å². The minimum Gasteiger partial charge on any atom is -0.147 e. The third kappa shape index (κ3) is 7.25. The third-order valence-electron chi connectivity index (χ3n) is 15.5. The maximum Gasteiger partial charge on any atom is -0.147 e. The Balaban J connectivity index is 0.00000257. The zero-order valence-electron chi connectivity index (χ0n) is 34.6. The number of aryl methyl sites for hydroxylation is 2. The molecule has 55 heavy (non-hydrogen) atoms. The van der Waals surface area contributed by atoms with E-state index in [1.807, 2.05) is 0 Å². The van der Waals surface area contributed by atoms with Crippen molar-refractivity contribution in [1.29, 1.82) is 0 Å². The predicted octanol–water partition coefficient (Wildman–Crippen LogP) is 15.7. The first-order valence-corrected chi connectivity index (χ1v) is 33.8. The van der Waals surface area contributed by atoms with E-state index in [1.54, 1.807) is 33.4 Å². The van der Waals surface area contributed by atoms with E-state index in [0.717, 1.165) is 18.3 Å². The van der Waals surface area contributed by atoms with Crippen LogP contribution < -0.4 is 0 Å². The molecule has 2 fully saturated rings. The Hall–Kier alpha value is -1.96. The molecule has 2 atom stereocenters. The Bertz CT molecular complexity index is 2130. The standard InChI is InChI=1S/C24H27.C23H25.2C2H5.2ClH.H2Si.Zr/c1-3-18-15-23-17(2)9-14-22(24(23)16-18)21-12-10-20(11-13-21)19-7-5-4-6-8-19;1-16-14-22-17(2)8-13-21(23(22)15-16)20-11-9-19(10-12-20)18-6-4-3-5-7-18;2*1-2;;;;/h9-16,19H,3-8H2,1-2H3;8-15,18H,3-7H2,1-2H3;2*1H2,2H3;2*1H;1H2;. The van der Waals surface area contributed by atoms with Crippen molar-refractivity contribution in [2.24, 2.45) is 0 Å². The molecule has 292 valence electrons. The summed E-state index contributed by atoms with van der Waals surface area (Å²) >= 11 is -3.83. The van der Waals surface area contributed by atoms with Crippen molar-refractivity contribution in [3.8, 4) is 22.3 Å². The van der Waals surface area contributed by atoms with E-state index in [1.165, 1.54) is 117 Å². The van der Waals surface area contributed by atoms with Crippen LogP contribution in [0, 0.1) is 13.8 Å². The first-order chi connectivity index (χ1) is 25.7. The van der Waals surface area contributed by atoms with Crippen molar-refractivity contribution < 1.29 is 17.4 Å². The average Bonchev–Trinajstić information content (AvgIpc) is 3.80. The van der Waals surface area contributed by atoms with Crippen LogP contribution in [0.5, 0.6) is 0 Å². The zero-order valence-corrected chi connectivity index (χ0v) is 40.1. The number of allylic oxidation sites excluding steroid dienone is 2. The van der Waals surface area contributed by atoms with Crippen molar-refractivity contribution in [1.82, 2.24) is 0 Å². The Kier molecular flexibility index (Phi) is 13.3. The second-order valence-corrected chi connectivity index (χ2v) is 45.7. The van der Waals surface area contributed by atoms with Gasteiger partial charge in [0.25, 0.3) is 0 Å². The van der Waals surface area contributed by atoms with Crippen molar-refractivity contribution in [2.45, 2.75) is 140 Å². The topological polar surface area (TPSA) is 0 Å². The van der Waals surface area contributed by atoms with E-state index >= 15 is 0 Å². The molecule has 0 bridgehead atoms. The van der Waals surface area contributed by atoms with Gasteiger partial charge < -0.3 is 0 Å². The molecule has 2 unspecified atom stereocenters. The summed E-state index contributed by atoms with van der Waals surface area (Å²) in [5.74, 6) is 1.50. The quantitative estimate of drug-likeness (QED) is 0.147. The Morgan fingerprint density at radius 3 is 1.36 bits per heavy atom. The number of hydrogen-bond donors (Lipinski definition) is 0. The van der Waals surface area contributed by atoms with Crippen molar-refractivity contribution in [3.63, 3.8) is 0 Å². The molecule has 4 aromatic carbocycles. The second-order valence-electron chi connectivity index (χ2n) is 18.1. The normalized spacial score (nSPS) is 20.2. The van der Waals surface area contributed by atoms with Crippen molar-refractivity contribution >= 4 is 43.8 Å². The summed E-state index contributed by atoms with van der Waals surface area (Å²) in [5, 5.41) is 0. The van der Waals surface area contributed by atoms with Gasteiger partial charge in [-0.05, 0) is 0 Å². The molecule has 4 aliphatic rings. The number of benzene rings is 4. The second kappa shape index (κ2) is 17.1. The van der Waals surface area contributed by atoms with E-state index in [2.05, 4.69) is 133 Å². The van der Waals surface area contributed by atoms with Crippen LogP contribution in [0.25, 0.3) is 34.4 Å². The molecule has 8 rings (SSSR count). The summed E-state index contributed by atoms with van der Waals surface area (Å²) in [5.41, 5.74) is 21.6. The largest absolute Gasteiger partial charge is 0.147 e. The molecule has 0 heterocycles. The Morgan fingerprint density at radius 1 is 0.527 bits per heavy atom. The van der Waals surface area contributed by atoms with E-state index < -0.39 is 17.4 Å². The van der Waals surface area contributed by atoms with Gasteiger partial charge in [-0.2, -0.15) is 0 Å². The van der Waals surface area contributed by atoms with Crippen LogP contribution in [0.3, 0.4) is 0 Å². The molecule has 4 aromatic rings. The van der Waals surface area contributed by atoms with Gasteiger partial charge in [-0.15, -0.1) is 24.8 Å². The van der Waals surface area contributed by atoms with E-state index in [4.69, 9.17) is 0 Å². The van der Waals surface area contributed by atoms with Crippen LogP contribution in [0.2, 0.25) is 8.26 Å². The molecular formula is C51H66Cl2SiZr. The summed E-state index contributed by atoms with van der Waals surface area (Å²) in [6.45, 7) is 17.6. The number of fused-ring (bicyclic) bond motifs is 2. The molecule has 0 amide bonds. The fourth-order valence-electron chi connectivity index (χ4n) is 12.2. The predicted molar refractivity (Wildman–Crippen MR) is 246 cm³/mol. The summed E-state index contributed by atoms with van der Waals surface area (Å²) < 4.78 is 3.81. The summed E-state index contributed by atoms with van der Waals surface area (Å²) in [7, 11) is 0. The Morgan fingerprint density at radius 2 is 0.945 bits per heavy atom. The smallest absolute Gasteiger partial charge is 0.147 e. The minimum absolute atomic E-state index is 0. The van der Waals surface area contributed by atoms with Gasteiger partial charge in [0.1, 0.15) is 0 Å². The maximum atomic E-state index is 2.69. The van der Waals surface area contributed by atoms with Crippen LogP contribution >= 0.6 is 24.8 Å². The van der Waals surface area contributed by atoms with E-state index in [0.29, 0.717) is 7.25 Å². The monoisotopic (exact) mass is 866 g/mol. The average molecular weight is 869 g/mol. The molecule has 0 spiro atoms. The van der Waals surface area contributed by atoms with Crippen LogP contribution in [0.15, 0.2) is 83.9 Å². The van der Waals surface area contributed by atoms with Crippen LogP contribution in [-0.2, 0) is 17.4 Å². The number of halogens is 2. The SMILES string of the molecule is CCC1=Cc2c(-c3ccc(C4CCCCC4)cc3)ccc(C)c2[CH]1[Zr](=[SiH2])([CH2]C)([CH2]C)[CH]1C(C)=Cc2c(-c3ccc(C4CCCCC4)cc3)ccc(C)c21.Cl.Cl. The van der Waals surface area contributed by atoms with Gasteiger partial charge in [0.2, 0.25) is 0 Å².